The molecule has 1 aliphatic heterocycles. The molecule has 0 fully saturated rings. The minimum Gasteiger partial charge on any atom is -0.505 e. The summed E-state index contributed by atoms with van der Waals surface area (Å²) in [4.78, 5) is 49.0. The number of carbonyl (C=O) groups excluding carboxylic acids is 4. The summed E-state index contributed by atoms with van der Waals surface area (Å²) >= 11 is 39.9. The third kappa shape index (κ3) is 14.3. The second kappa shape index (κ2) is 22.7. The summed E-state index contributed by atoms with van der Waals surface area (Å²) in [6.07, 6.45) is -15.0. The zero-order chi connectivity index (χ0) is 47.8. The molecule has 342 valence electrons. The Hall–Kier alpha value is -3.38. The number of aromatic hydroxyl groups is 1. The molecule has 0 spiro atoms. The van der Waals surface area contributed by atoms with Gasteiger partial charge in [0.2, 0.25) is 5.69 Å². The number of ether oxygens (including phenoxy) is 2. The van der Waals surface area contributed by atoms with E-state index >= 15 is 0 Å². The molecule has 3 N–H and O–H groups in total. The summed E-state index contributed by atoms with van der Waals surface area (Å²) in [6, 6.07) is 10.2. The summed E-state index contributed by atoms with van der Waals surface area (Å²) in [7, 11) is 2.92. The van der Waals surface area contributed by atoms with Crippen molar-refractivity contribution in [3.63, 3.8) is 0 Å². The number of benzene rings is 4. The smallest absolute Gasteiger partial charge is 0.505 e. The predicted octanol–water partition coefficient (Wildman–Crippen LogP) is 12.5. The maximum absolute atomic E-state index is 13.5. The number of urea groups is 1. The molecule has 0 radical (unpaired) electrons. The SMILES string of the molecule is COP(=S)(OC)SCN1C(=O)c2ccccc2C1=O.O=C(NC(=O)c1c(F)cccc1F)Nc1ccc(OC(F)(F)C(F)OC(F)(F)F)c(Cl)c1.Oc1c(Cl)c(Cl)c(Cl)c(Cl)c1Cl. The maximum atomic E-state index is 13.5. The summed E-state index contributed by atoms with van der Waals surface area (Å²) in [5.74, 6) is -5.77. The lowest BCUT2D eigenvalue weighted by molar-refractivity contribution is -0.411. The Morgan fingerprint density at radius 3 is 1.78 bits per heavy atom. The van der Waals surface area contributed by atoms with Gasteiger partial charge in [0.1, 0.15) is 33.0 Å². The molecule has 0 aliphatic carbocycles. The highest BCUT2D eigenvalue weighted by atomic mass is 35.5. The van der Waals surface area contributed by atoms with E-state index in [1.165, 1.54) is 14.2 Å². The van der Waals surface area contributed by atoms with Gasteiger partial charge in [-0.2, -0.15) is 8.78 Å². The van der Waals surface area contributed by atoms with Crippen molar-refractivity contribution in [1.82, 2.24) is 10.2 Å². The zero-order valence-electron chi connectivity index (χ0n) is 30.8. The van der Waals surface area contributed by atoms with E-state index in [2.05, 4.69) is 9.47 Å². The maximum Gasteiger partial charge on any atom is 0.525 e. The molecule has 0 saturated heterocycles. The fourth-order valence-electron chi connectivity index (χ4n) is 4.34. The Kier molecular flexibility index (Phi) is 19.4. The minimum absolute atomic E-state index is 0.00904. The first-order valence-corrected chi connectivity index (χ1v) is 22.5. The number of fused-ring (bicyclic) bond motifs is 1. The van der Waals surface area contributed by atoms with Gasteiger partial charge in [-0.3, -0.25) is 24.6 Å². The first kappa shape index (κ1) is 54.0. The first-order chi connectivity index (χ1) is 29.2. The van der Waals surface area contributed by atoms with E-state index in [0.717, 1.165) is 46.6 Å². The summed E-state index contributed by atoms with van der Waals surface area (Å²) < 4.78 is 119. The van der Waals surface area contributed by atoms with Gasteiger partial charge in [-0.1, -0.05) is 87.8 Å². The second-order valence-corrected chi connectivity index (χ2v) is 20.1. The lowest BCUT2D eigenvalue weighted by Crippen LogP contribution is -2.41. The van der Waals surface area contributed by atoms with E-state index in [-0.39, 0.29) is 54.2 Å². The van der Waals surface area contributed by atoms with E-state index in [0.29, 0.717) is 17.2 Å². The zero-order valence-corrected chi connectivity index (χ0v) is 37.8. The number of hydrogen-bond acceptors (Lipinski definition) is 11. The number of halogens is 14. The number of nitrogens with one attached hydrogen (secondary N) is 2. The molecule has 4 aromatic carbocycles. The number of amides is 5. The molecular formula is C34H22Cl6F8N3O9PS2. The lowest BCUT2D eigenvalue weighted by atomic mass is 10.1. The molecule has 63 heavy (non-hydrogen) atoms. The van der Waals surface area contributed by atoms with Gasteiger partial charge in [0, 0.05) is 19.9 Å². The molecule has 1 aliphatic rings. The fourth-order valence-corrected chi connectivity index (χ4v) is 8.37. The van der Waals surface area contributed by atoms with Crippen LogP contribution in [0.2, 0.25) is 30.1 Å². The molecule has 12 nitrogen and oxygen atoms in total. The van der Waals surface area contributed by atoms with Gasteiger partial charge in [-0.25, -0.2) is 22.7 Å². The Morgan fingerprint density at radius 1 is 0.825 bits per heavy atom. The summed E-state index contributed by atoms with van der Waals surface area (Å²) in [5.41, 5.74) is -2.94. The number of rotatable bonds is 11. The van der Waals surface area contributed by atoms with E-state index < -0.39 is 64.4 Å². The van der Waals surface area contributed by atoms with Crippen molar-refractivity contribution < 1.29 is 77.9 Å². The number of carbonyl (C=O) groups is 4. The number of alkyl halides is 6. The van der Waals surface area contributed by atoms with Crippen molar-refractivity contribution in [2.45, 2.75) is 18.8 Å². The molecule has 0 bridgehead atoms. The Labute approximate surface area is 388 Å². The van der Waals surface area contributed by atoms with Gasteiger partial charge in [0.15, 0.2) is 5.75 Å². The van der Waals surface area contributed by atoms with Crippen molar-refractivity contribution in [2.75, 3.05) is 25.4 Å². The Bertz CT molecular complexity index is 2280. The van der Waals surface area contributed by atoms with Crippen LogP contribution in [-0.2, 0) is 25.6 Å². The lowest BCUT2D eigenvalue weighted by Gasteiger charge is -2.22. The van der Waals surface area contributed by atoms with Crippen LogP contribution in [-0.4, -0.2) is 72.7 Å². The number of phenols is 1. The van der Waals surface area contributed by atoms with Crippen molar-refractivity contribution in [3.8, 4) is 11.5 Å². The van der Waals surface area contributed by atoms with Crippen LogP contribution in [0.15, 0.2) is 60.7 Å². The molecule has 5 rings (SSSR count). The minimum atomic E-state index is -5.71. The van der Waals surface area contributed by atoms with Crippen LogP contribution < -0.4 is 15.4 Å². The number of hydrogen-bond donors (Lipinski definition) is 3. The van der Waals surface area contributed by atoms with Crippen molar-refractivity contribution >= 4 is 128 Å². The van der Waals surface area contributed by atoms with Crippen LogP contribution >= 0.6 is 86.7 Å². The van der Waals surface area contributed by atoms with Gasteiger partial charge < -0.3 is 24.2 Å². The number of imide groups is 2. The number of nitrogens with zero attached hydrogens (tertiary/aromatic N) is 1. The van der Waals surface area contributed by atoms with Gasteiger partial charge in [0.25, 0.3) is 17.7 Å². The van der Waals surface area contributed by atoms with Gasteiger partial charge in [0.05, 0.1) is 37.1 Å². The topological polar surface area (TPSA) is 153 Å². The van der Waals surface area contributed by atoms with Crippen LogP contribution in [0.3, 0.4) is 0 Å². The quantitative estimate of drug-likeness (QED) is 0.0433. The van der Waals surface area contributed by atoms with Crippen molar-refractivity contribution in [2.24, 2.45) is 0 Å². The molecule has 4 aromatic rings. The van der Waals surface area contributed by atoms with Crippen LogP contribution in [0.4, 0.5) is 45.6 Å². The highest BCUT2D eigenvalue weighted by Gasteiger charge is 2.51. The highest BCUT2D eigenvalue weighted by Crippen LogP contribution is 2.60. The summed E-state index contributed by atoms with van der Waals surface area (Å²) in [5, 5.41) is 11.9. The van der Waals surface area contributed by atoms with Gasteiger partial charge >= 0.3 is 24.9 Å². The molecular weight excluding hydrogens is 1050 g/mol. The molecule has 1 atom stereocenters. The molecule has 29 heteroatoms. The highest BCUT2D eigenvalue weighted by molar-refractivity contribution is 8.67. The van der Waals surface area contributed by atoms with Crippen LogP contribution in [0.25, 0.3) is 0 Å². The van der Waals surface area contributed by atoms with E-state index in [1.54, 1.807) is 29.6 Å². The molecule has 1 unspecified atom stereocenters. The molecule has 5 amide bonds. The third-order valence-corrected chi connectivity index (χ3v) is 15.4. The van der Waals surface area contributed by atoms with Crippen LogP contribution in [0, 0.1) is 11.6 Å². The van der Waals surface area contributed by atoms with Crippen LogP contribution in [0.5, 0.6) is 11.5 Å². The van der Waals surface area contributed by atoms with Gasteiger partial charge in [-0.05, 0) is 65.7 Å². The average molecular weight is 1080 g/mol. The second-order valence-electron chi connectivity index (χ2n) is 11.3. The first-order valence-electron chi connectivity index (χ1n) is 16.0. The fraction of sp³-hybridized carbons (Fsp3) is 0.176. The molecule has 0 saturated carbocycles. The van der Waals surface area contributed by atoms with E-state index in [1.807, 2.05) is 5.32 Å². The van der Waals surface area contributed by atoms with Crippen LogP contribution in [0.1, 0.15) is 31.1 Å². The van der Waals surface area contributed by atoms with E-state index in [4.69, 9.17) is 90.5 Å². The Balaban J connectivity index is 0.000000285. The van der Waals surface area contributed by atoms with Crippen molar-refractivity contribution in [3.05, 3.63) is 119 Å². The predicted molar refractivity (Wildman–Crippen MR) is 223 cm³/mol. The average Bonchev–Trinajstić information content (AvgIpc) is 3.46. The monoisotopic (exact) mass is 1070 g/mol. The number of phenolic OH excluding ortho intramolecular Hbond substituents is 1. The summed E-state index contributed by atoms with van der Waals surface area (Å²) in [6.45, 7) is 0. The number of anilines is 1. The Morgan fingerprint density at radius 2 is 1.32 bits per heavy atom. The molecule has 1 heterocycles. The normalized spacial score (nSPS) is 13.0. The van der Waals surface area contributed by atoms with E-state index in [9.17, 15) is 59.4 Å². The largest absolute Gasteiger partial charge is 0.525 e. The third-order valence-electron chi connectivity index (χ3n) is 7.21. The van der Waals surface area contributed by atoms with Crippen molar-refractivity contribution in [1.29, 1.82) is 0 Å². The molecule has 0 aromatic heterocycles. The van der Waals surface area contributed by atoms with Gasteiger partial charge in [-0.15, -0.1) is 13.2 Å². The standard InChI is InChI=1S/C17H9ClF8N2O4.C11H12NO4PS2.C6HCl5O/c18-8-6-7(4-5-11(8)31-16(22,23)14(21)32-17(24,25)26)27-15(30)28-13(29)12-9(19)2-1-3-10(12)20;1-15-17(18,16-2)19-7-12-10(13)8-5-3-4-6-9(8)11(12)14;7-1-2(8)4(10)6(12)5(11)3(1)9/h1-6,14H,(H2,27,28,29,30);3-6H,7H2,1-2H3;12H.